The van der Waals surface area contributed by atoms with Crippen LogP contribution >= 0.6 is 21.6 Å². The lowest BCUT2D eigenvalue weighted by Crippen LogP contribution is -2.62. The van der Waals surface area contributed by atoms with Crippen molar-refractivity contribution in [3.63, 3.8) is 0 Å². The second kappa shape index (κ2) is 32.4. The molecule has 1 aliphatic heterocycles. The highest BCUT2D eigenvalue weighted by Crippen LogP contribution is 2.25. The van der Waals surface area contributed by atoms with Gasteiger partial charge in [0, 0.05) is 41.4 Å². The van der Waals surface area contributed by atoms with Crippen LogP contribution in [0.2, 0.25) is 0 Å². The van der Waals surface area contributed by atoms with Gasteiger partial charge in [-0.2, -0.15) is 0 Å². The number of aromatic nitrogens is 1. The molecule has 24 nitrogen and oxygen atoms in total. The number of nitrogens with two attached hydrogens (primary N) is 2. The minimum atomic E-state index is -1.76. The summed E-state index contributed by atoms with van der Waals surface area (Å²) in [5, 5.41) is 50.7. The zero-order valence-corrected chi connectivity index (χ0v) is 47.1. The summed E-state index contributed by atoms with van der Waals surface area (Å²) in [5.74, 6) is -8.81. The van der Waals surface area contributed by atoms with Gasteiger partial charge in [0.2, 0.25) is 41.4 Å². The van der Waals surface area contributed by atoms with Crippen LogP contribution in [-0.2, 0) is 71.9 Å². The summed E-state index contributed by atoms with van der Waals surface area (Å²) in [6.45, 7) is 4.37. The van der Waals surface area contributed by atoms with Crippen molar-refractivity contribution in [2.24, 2.45) is 11.5 Å². The molecule has 0 bridgehead atoms. The number of carbonyl (C=O) groups excluding carboxylic acids is 9. The van der Waals surface area contributed by atoms with Crippen molar-refractivity contribution in [1.29, 1.82) is 0 Å². The highest BCUT2D eigenvalue weighted by atomic mass is 33.1. The molecule has 7 amide bonds. The SMILES string of the molecule is C[C@@H](O)C(=O)O[C@H](C)C(=O)OC[C@@H](NC(=O)[C@@H]1CSSC[C@H](NC(=O)[C@H](N)Cc2ccccc2)C(=O)N[C@@H](Cc2ccccc2)C(=O)N[C@H](Cc2c[nH]c3ccccc23)C(=O)N[C@@H](CCCCN)C(=O)N[C@@H]([C@@H](C)O)C(=O)N1)[C@@H](C)O. The smallest absolute Gasteiger partial charge is 0.347 e. The maximum atomic E-state index is 14.8. The zero-order chi connectivity index (χ0) is 59.2. The summed E-state index contributed by atoms with van der Waals surface area (Å²) in [5.41, 5.74) is 14.9. The van der Waals surface area contributed by atoms with Gasteiger partial charge in [-0.05, 0) is 82.7 Å². The molecule has 12 atom stereocenters. The Morgan fingerprint density at radius 2 is 1.28 bits per heavy atom. The normalized spacial score (nSPS) is 22.1. The Labute approximate surface area is 476 Å². The standard InChI is InChI=1S/C55H74N10O14S2/c1-30(66)43(27-78-55(77)33(4)79-54(76)32(3)68)62-52(74)45-29-81-80-28-44(63-47(69)38(57)23-34-15-7-5-8-16-34)51(73)60-41(24-35-17-9-6-10-18-35)49(71)61-42(25-36-26-58-39-20-12-11-19-37(36)39)50(72)59-40(21-13-14-22-56)48(70)65-46(31(2)67)53(75)64-45/h5-12,15-20,26,30-33,38,40-46,58,66-68H,13-14,21-25,27-29,56-57H2,1-4H3,(H,59,72)(H,60,73)(H,61,71)(H,62,74)(H,63,69)(H,64,75)(H,65,70)/t30-,31-,32-,33-,38-,40+,41+,42-,43-,44+,45+,46+/m1/s1. The minimum Gasteiger partial charge on any atom is -0.461 e. The lowest BCUT2D eigenvalue weighted by molar-refractivity contribution is -0.172. The number of aliphatic hydroxyl groups is 3. The molecular formula is C55H74N10O14S2. The fourth-order valence-corrected chi connectivity index (χ4v) is 10.6. The third-order valence-electron chi connectivity index (χ3n) is 13.0. The van der Waals surface area contributed by atoms with Gasteiger partial charge >= 0.3 is 11.9 Å². The molecule has 81 heavy (non-hydrogen) atoms. The van der Waals surface area contributed by atoms with Crippen LogP contribution in [0, 0.1) is 0 Å². The second-order valence-corrected chi connectivity index (χ2v) is 22.2. The lowest BCUT2D eigenvalue weighted by Gasteiger charge is -2.29. The van der Waals surface area contributed by atoms with Crippen molar-refractivity contribution >= 4 is 85.8 Å². The third-order valence-corrected chi connectivity index (χ3v) is 15.4. The van der Waals surface area contributed by atoms with Crippen LogP contribution in [0.25, 0.3) is 10.9 Å². The van der Waals surface area contributed by atoms with Crippen LogP contribution in [-0.4, -0.2) is 171 Å². The molecule has 15 N–H and O–H groups in total. The fourth-order valence-electron chi connectivity index (χ4n) is 8.32. The Bertz CT molecular complexity index is 2750. The van der Waals surface area contributed by atoms with Gasteiger partial charge in [-0.3, -0.25) is 33.6 Å². The van der Waals surface area contributed by atoms with Crippen LogP contribution in [0.3, 0.4) is 0 Å². The fraction of sp³-hybridized carbons (Fsp3) is 0.473. The summed E-state index contributed by atoms with van der Waals surface area (Å²) in [7, 11) is 1.93. The number of hydrogen-bond acceptors (Lipinski definition) is 18. The largest absolute Gasteiger partial charge is 0.461 e. The van der Waals surface area contributed by atoms with Crippen molar-refractivity contribution in [3.05, 3.63) is 108 Å². The number of carbonyl (C=O) groups is 9. The third kappa shape index (κ3) is 20.5. The first kappa shape index (κ1) is 64.7. The number of para-hydroxylation sites is 1. The molecule has 1 aromatic heterocycles. The number of benzene rings is 3. The number of ether oxygens (including phenoxy) is 2. The van der Waals surface area contributed by atoms with Crippen LogP contribution in [0.4, 0.5) is 0 Å². The Kier molecular flexibility index (Phi) is 25.9. The molecule has 26 heteroatoms. The highest BCUT2D eigenvalue weighted by molar-refractivity contribution is 8.76. The van der Waals surface area contributed by atoms with Crippen molar-refractivity contribution in [1.82, 2.24) is 42.2 Å². The molecule has 0 aliphatic carbocycles. The van der Waals surface area contributed by atoms with E-state index in [4.69, 9.17) is 20.9 Å². The Hall–Kier alpha value is -7.07. The van der Waals surface area contributed by atoms with Gasteiger partial charge in [0.15, 0.2) is 6.10 Å². The van der Waals surface area contributed by atoms with Crippen LogP contribution in [0.5, 0.6) is 0 Å². The van der Waals surface area contributed by atoms with Gasteiger partial charge in [0.05, 0.1) is 24.3 Å². The van der Waals surface area contributed by atoms with E-state index in [1.807, 2.05) is 18.2 Å². The molecule has 2 heterocycles. The topological polar surface area (TPSA) is 385 Å². The average molecular weight is 1160 g/mol. The number of aromatic amines is 1. The molecule has 5 rings (SSSR count). The number of esters is 2. The molecular weight excluding hydrogens is 1090 g/mol. The highest BCUT2D eigenvalue weighted by Gasteiger charge is 2.37. The number of aliphatic hydroxyl groups excluding tert-OH is 3. The molecule has 0 radical (unpaired) electrons. The van der Waals surface area contributed by atoms with Gasteiger partial charge in [-0.15, -0.1) is 0 Å². The van der Waals surface area contributed by atoms with Crippen molar-refractivity contribution < 1.29 is 67.9 Å². The Morgan fingerprint density at radius 3 is 1.93 bits per heavy atom. The molecule has 0 saturated carbocycles. The number of nitrogens with one attached hydrogen (secondary N) is 8. The van der Waals surface area contributed by atoms with E-state index in [9.17, 15) is 58.5 Å². The monoisotopic (exact) mass is 1160 g/mol. The first-order chi connectivity index (χ1) is 38.6. The van der Waals surface area contributed by atoms with E-state index in [-0.39, 0.29) is 43.7 Å². The first-order valence-electron chi connectivity index (χ1n) is 26.5. The van der Waals surface area contributed by atoms with Gasteiger partial charge in [0.25, 0.3) is 0 Å². The molecule has 4 aromatic rings. The van der Waals surface area contributed by atoms with Crippen molar-refractivity contribution in [2.45, 2.75) is 139 Å². The molecule has 0 unspecified atom stereocenters. The predicted octanol–water partition coefficient (Wildman–Crippen LogP) is -0.942. The van der Waals surface area contributed by atoms with Crippen molar-refractivity contribution in [3.8, 4) is 0 Å². The van der Waals surface area contributed by atoms with E-state index in [2.05, 4.69) is 42.2 Å². The summed E-state index contributed by atoms with van der Waals surface area (Å²) in [6, 6.07) is 13.6. The molecule has 440 valence electrons. The molecule has 1 fully saturated rings. The second-order valence-electron chi connectivity index (χ2n) is 19.7. The maximum absolute atomic E-state index is 14.8. The van der Waals surface area contributed by atoms with E-state index < -0.39 is 133 Å². The van der Waals surface area contributed by atoms with Crippen LogP contribution < -0.4 is 48.7 Å². The van der Waals surface area contributed by atoms with E-state index in [0.717, 1.165) is 45.0 Å². The van der Waals surface area contributed by atoms with Gasteiger partial charge in [0.1, 0.15) is 49.0 Å². The summed E-state index contributed by atoms with van der Waals surface area (Å²) in [4.78, 5) is 129. The quantitative estimate of drug-likeness (QED) is 0.0272. The number of rotatable bonds is 21. The number of H-pyrrole nitrogens is 1. The predicted molar refractivity (Wildman–Crippen MR) is 303 cm³/mol. The number of fused-ring (bicyclic) bond motifs is 1. The van der Waals surface area contributed by atoms with Crippen LogP contribution in [0.15, 0.2) is 91.1 Å². The molecule has 3 aromatic carbocycles. The van der Waals surface area contributed by atoms with E-state index in [1.54, 1.807) is 72.9 Å². The number of amides is 7. The number of hydrogen-bond donors (Lipinski definition) is 13. The molecule has 1 saturated heterocycles. The first-order valence-corrected chi connectivity index (χ1v) is 29.0. The van der Waals surface area contributed by atoms with Crippen LogP contribution in [0.1, 0.15) is 63.6 Å². The van der Waals surface area contributed by atoms with Gasteiger partial charge < -0.3 is 78.5 Å². The molecule has 0 spiro atoms. The average Bonchev–Trinajstić information content (AvgIpc) is 4.13. The maximum Gasteiger partial charge on any atom is 0.347 e. The Balaban J connectivity index is 1.54. The molecule has 1 aliphatic rings. The summed E-state index contributed by atoms with van der Waals surface area (Å²) in [6.07, 6.45) is -3.75. The number of unbranched alkanes of at least 4 members (excludes halogenated alkanes) is 1. The Morgan fingerprint density at radius 1 is 0.691 bits per heavy atom. The van der Waals surface area contributed by atoms with Crippen molar-refractivity contribution in [2.75, 3.05) is 24.7 Å². The minimum absolute atomic E-state index is 0.0164. The van der Waals surface area contributed by atoms with E-state index in [1.165, 1.54) is 20.8 Å². The van der Waals surface area contributed by atoms with Gasteiger partial charge in [-0.1, -0.05) is 100 Å². The van der Waals surface area contributed by atoms with Gasteiger partial charge in [-0.25, -0.2) is 9.59 Å². The lowest BCUT2D eigenvalue weighted by atomic mass is 10.0. The van der Waals surface area contributed by atoms with E-state index in [0.29, 0.717) is 24.0 Å². The zero-order valence-electron chi connectivity index (χ0n) is 45.5. The summed E-state index contributed by atoms with van der Waals surface area (Å²) < 4.78 is 10.1. The van der Waals surface area contributed by atoms with E-state index >= 15 is 0 Å². The summed E-state index contributed by atoms with van der Waals surface area (Å²) >= 11 is 0.